The van der Waals surface area contributed by atoms with Crippen LogP contribution >= 0.6 is 11.3 Å². The molecule has 1 atom stereocenters. The Hall–Kier alpha value is -2.34. The smallest absolute Gasteiger partial charge is 0.251 e. The second-order valence-corrected chi connectivity index (χ2v) is 7.66. The van der Waals surface area contributed by atoms with Gasteiger partial charge in [-0.15, -0.1) is 11.3 Å². The number of guanidine groups is 1. The first kappa shape index (κ1) is 21.0. The highest BCUT2D eigenvalue weighted by atomic mass is 32.1. The zero-order valence-electron chi connectivity index (χ0n) is 16.7. The lowest BCUT2D eigenvalue weighted by atomic mass is 10.1. The van der Waals surface area contributed by atoms with E-state index in [2.05, 4.69) is 45.0 Å². The Balaban J connectivity index is 1.84. The average molecular weight is 387 g/mol. The predicted molar refractivity (Wildman–Crippen MR) is 115 cm³/mol. The molecular weight excluding hydrogens is 356 g/mol. The van der Waals surface area contributed by atoms with Crippen LogP contribution in [-0.2, 0) is 13.0 Å². The summed E-state index contributed by atoms with van der Waals surface area (Å²) < 4.78 is 0. The quantitative estimate of drug-likeness (QED) is 0.539. The molecule has 0 aliphatic rings. The van der Waals surface area contributed by atoms with Crippen molar-refractivity contribution < 1.29 is 4.79 Å². The standard InChI is InChI=1S/C21H30N4OS/c1-5-16(2)24-20(26)18-10-8-17(9-11-18)15-23-21(22-3)25(4)13-12-19-7-6-14-27-19/h6-11,14,16H,5,12-13,15H2,1-4H3,(H,22,23)(H,24,26). The molecule has 0 fully saturated rings. The monoisotopic (exact) mass is 386 g/mol. The van der Waals surface area contributed by atoms with Gasteiger partial charge in [-0.25, -0.2) is 0 Å². The Kier molecular flexibility index (Phi) is 8.33. The topological polar surface area (TPSA) is 56.7 Å². The molecule has 2 rings (SSSR count). The summed E-state index contributed by atoms with van der Waals surface area (Å²) in [5.74, 6) is 0.845. The molecule has 0 saturated heterocycles. The Morgan fingerprint density at radius 2 is 2.00 bits per heavy atom. The number of nitrogens with zero attached hydrogens (tertiary/aromatic N) is 2. The highest BCUT2D eigenvalue weighted by Crippen LogP contribution is 2.10. The molecule has 1 unspecified atom stereocenters. The summed E-state index contributed by atoms with van der Waals surface area (Å²) in [6.45, 7) is 5.65. The molecule has 0 aliphatic heterocycles. The lowest BCUT2D eigenvalue weighted by Gasteiger charge is -2.22. The first-order chi connectivity index (χ1) is 13.0. The van der Waals surface area contributed by atoms with E-state index in [1.165, 1.54) is 4.88 Å². The molecule has 0 bridgehead atoms. The van der Waals surface area contributed by atoms with Gasteiger partial charge in [0.15, 0.2) is 5.96 Å². The fourth-order valence-electron chi connectivity index (χ4n) is 2.59. The zero-order valence-corrected chi connectivity index (χ0v) is 17.5. The van der Waals surface area contributed by atoms with Crippen LogP contribution in [0.5, 0.6) is 0 Å². The lowest BCUT2D eigenvalue weighted by Crippen LogP contribution is -2.39. The number of rotatable bonds is 8. The van der Waals surface area contributed by atoms with E-state index in [1.807, 2.05) is 38.2 Å². The first-order valence-electron chi connectivity index (χ1n) is 9.37. The number of nitrogens with one attached hydrogen (secondary N) is 2. The van der Waals surface area contributed by atoms with Crippen LogP contribution in [0.4, 0.5) is 0 Å². The van der Waals surface area contributed by atoms with Crippen molar-refractivity contribution in [3.8, 4) is 0 Å². The van der Waals surface area contributed by atoms with Gasteiger partial charge in [0.25, 0.3) is 5.91 Å². The minimum Gasteiger partial charge on any atom is -0.352 e. The van der Waals surface area contributed by atoms with Crippen molar-refractivity contribution >= 4 is 23.2 Å². The van der Waals surface area contributed by atoms with Crippen LogP contribution in [0.3, 0.4) is 0 Å². The number of aliphatic imine (C=N–C) groups is 1. The molecule has 0 aliphatic carbocycles. The summed E-state index contributed by atoms with van der Waals surface area (Å²) in [5, 5.41) is 8.48. The largest absolute Gasteiger partial charge is 0.352 e. The van der Waals surface area contributed by atoms with Gasteiger partial charge < -0.3 is 15.5 Å². The third-order valence-corrected chi connectivity index (χ3v) is 5.44. The van der Waals surface area contributed by atoms with E-state index in [-0.39, 0.29) is 11.9 Å². The SMILES string of the molecule is CCC(C)NC(=O)c1ccc(CNC(=NC)N(C)CCc2cccs2)cc1. The van der Waals surface area contributed by atoms with Gasteiger partial charge >= 0.3 is 0 Å². The van der Waals surface area contributed by atoms with Gasteiger partial charge in [-0.1, -0.05) is 25.1 Å². The third kappa shape index (κ3) is 6.71. The Morgan fingerprint density at radius 3 is 2.59 bits per heavy atom. The Morgan fingerprint density at radius 1 is 1.26 bits per heavy atom. The number of thiophene rings is 1. The molecular formula is C21H30N4OS. The van der Waals surface area contributed by atoms with Crippen LogP contribution in [0.15, 0.2) is 46.8 Å². The second kappa shape index (κ2) is 10.7. The van der Waals surface area contributed by atoms with Crippen LogP contribution in [0.2, 0.25) is 0 Å². The number of hydrogen-bond donors (Lipinski definition) is 2. The molecule has 0 spiro atoms. The fourth-order valence-corrected chi connectivity index (χ4v) is 3.29. The van der Waals surface area contributed by atoms with Crippen LogP contribution in [0.25, 0.3) is 0 Å². The van der Waals surface area contributed by atoms with Gasteiger partial charge in [-0.2, -0.15) is 0 Å². The highest BCUT2D eigenvalue weighted by Gasteiger charge is 2.09. The molecule has 5 nitrogen and oxygen atoms in total. The molecule has 1 aromatic carbocycles. The second-order valence-electron chi connectivity index (χ2n) is 6.63. The van der Waals surface area contributed by atoms with E-state index in [0.29, 0.717) is 12.1 Å². The minimum absolute atomic E-state index is 0.0204. The normalized spacial score (nSPS) is 12.5. The fraction of sp³-hybridized carbons (Fsp3) is 0.429. The number of carbonyl (C=O) groups excluding carboxylic acids is 1. The van der Waals surface area contributed by atoms with Gasteiger partial charge in [-0.3, -0.25) is 9.79 Å². The maximum Gasteiger partial charge on any atom is 0.251 e. The van der Waals surface area contributed by atoms with Gasteiger partial charge in [0.2, 0.25) is 0 Å². The van der Waals surface area contributed by atoms with E-state index in [0.717, 1.165) is 30.9 Å². The minimum atomic E-state index is -0.0204. The summed E-state index contributed by atoms with van der Waals surface area (Å²) in [7, 11) is 3.84. The van der Waals surface area contributed by atoms with Gasteiger partial charge in [0, 0.05) is 43.7 Å². The molecule has 1 aromatic heterocycles. The number of hydrogen-bond acceptors (Lipinski definition) is 3. The number of benzene rings is 1. The summed E-state index contributed by atoms with van der Waals surface area (Å²) in [4.78, 5) is 20.0. The maximum absolute atomic E-state index is 12.1. The molecule has 6 heteroatoms. The van der Waals surface area contributed by atoms with Gasteiger partial charge in [0.05, 0.1) is 0 Å². The van der Waals surface area contributed by atoms with Crippen molar-refractivity contribution in [2.75, 3.05) is 20.6 Å². The molecule has 2 aromatic rings. The lowest BCUT2D eigenvalue weighted by molar-refractivity contribution is 0.0939. The van der Waals surface area contributed by atoms with Crippen molar-refractivity contribution in [3.63, 3.8) is 0 Å². The van der Waals surface area contributed by atoms with Crippen molar-refractivity contribution in [1.82, 2.24) is 15.5 Å². The van der Waals surface area contributed by atoms with Crippen molar-refractivity contribution in [1.29, 1.82) is 0 Å². The predicted octanol–water partition coefficient (Wildman–Crippen LogP) is 3.53. The molecule has 0 radical (unpaired) electrons. The van der Waals surface area contributed by atoms with Crippen LogP contribution in [-0.4, -0.2) is 43.4 Å². The number of carbonyl (C=O) groups is 1. The molecule has 2 N–H and O–H groups in total. The Bertz CT molecular complexity index is 725. The van der Waals surface area contributed by atoms with Crippen molar-refractivity contribution in [2.24, 2.45) is 4.99 Å². The first-order valence-corrected chi connectivity index (χ1v) is 10.3. The summed E-state index contributed by atoms with van der Waals surface area (Å²) >= 11 is 1.78. The average Bonchev–Trinajstić information content (AvgIpc) is 3.20. The van der Waals surface area contributed by atoms with Crippen molar-refractivity contribution in [3.05, 3.63) is 57.8 Å². The highest BCUT2D eigenvalue weighted by molar-refractivity contribution is 7.09. The van der Waals surface area contributed by atoms with E-state index in [1.54, 1.807) is 18.4 Å². The van der Waals surface area contributed by atoms with Crippen LogP contribution in [0.1, 0.15) is 41.1 Å². The van der Waals surface area contributed by atoms with E-state index < -0.39 is 0 Å². The van der Waals surface area contributed by atoms with E-state index in [4.69, 9.17) is 0 Å². The van der Waals surface area contributed by atoms with Crippen molar-refractivity contribution in [2.45, 2.75) is 39.3 Å². The summed E-state index contributed by atoms with van der Waals surface area (Å²) in [6.07, 6.45) is 1.93. The summed E-state index contributed by atoms with van der Waals surface area (Å²) in [6, 6.07) is 12.1. The molecule has 0 saturated carbocycles. The Labute approximate surface area is 166 Å². The van der Waals surface area contributed by atoms with Gasteiger partial charge in [0.1, 0.15) is 0 Å². The molecule has 146 valence electrons. The van der Waals surface area contributed by atoms with Crippen LogP contribution < -0.4 is 10.6 Å². The molecule has 27 heavy (non-hydrogen) atoms. The van der Waals surface area contributed by atoms with Crippen LogP contribution in [0, 0.1) is 0 Å². The van der Waals surface area contributed by atoms with E-state index >= 15 is 0 Å². The van der Waals surface area contributed by atoms with Gasteiger partial charge in [-0.05, 0) is 48.9 Å². The maximum atomic E-state index is 12.1. The zero-order chi connectivity index (χ0) is 19.6. The molecule has 1 amide bonds. The number of likely N-dealkylation sites (N-methyl/N-ethyl adjacent to an activating group) is 1. The summed E-state index contributed by atoms with van der Waals surface area (Å²) in [5.41, 5.74) is 1.80. The van der Waals surface area contributed by atoms with E-state index in [9.17, 15) is 4.79 Å². The molecule has 1 heterocycles. The number of amides is 1. The third-order valence-electron chi connectivity index (χ3n) is 4.50.